The number of aromatic nitrogens is 3. The maximum atomic E-state index is 15.2. The molecular formula is C35H36ClFN6O5. The molecule has 0 spiro atoms. The summed E-state index contributed by atoms with van der Waals surface area (Å²) >= 11 is 7.05. The first-order chi connectivity index (χ1) is 23.0. The second-order valence-corrected chi connectivity index (χ2v) is 12.6. The molecule has 0 radical (unpaired) electrons. The van der Waals surface area contributed by atoms with Crippen LogP contribution in [0.4, 0.5) is 10.1 Å². The Morgan fingerprint density at radius 3 is 2.60 bits per heavy atom. The van der Waals surface area contributed by atoms with Gasteiger partial charge in [-0.2, -0.15) is 0 Å². The van der Waals surface area contributed by atoms with Crippen molar-refractivity contribution in [2.45, 2.75) is 51.1 Å². The van der Waals surface area contributed by atoms with Gasteiger partial charge in [0, 0.05) is 55.5 Å². The molecule has 6 rings (SSSR count). The van der Waals surface area contributed by atoms with E-state index in [1.54, 1.807) is 26.2 Å². The van der Waals surface area contributed by atoms with Crippen molar-refractivity contribution in [3.63, 3.8) is 0 Å². The molecule has 1 aliphatic carbocycles. The Balaban J connectivity index is 1.29. The zero-order valence-corrected chi connectivity index (χ0v) is 27.8. The molecule has 48 heavy (non-hydrogen) atoms. The minimum absolute atomic E-state index is 0.0758. The van der Waals surface area contributed by atoms with Crippen LogP contribution in [0.15, 0.2) is 52.2 Å². The normalized spacial score (nSPS) is 16.9. The number of fused-ring (bicyclic) bond motifs is 1. The highest BCUT2D eigenvalue weighted by atomic mass is 35.5. The molecule has 13 heteroatoms. The van der Waals surface area contributed by atoms with Gasteiger partial charge >= 0.3 is 5.69 Å². The van der Waals surface area contributed by atoms with Gasteiger partial charge in [0.25, 0.3) is 11.5 Å². The second kappa shape index (κ2) is 13.4. The first kappa shape index (κ1) is 33.1. The summed E-state index contributed by atoms with van der Waals surface area (Å²) < 4.78 is 22.9. The van der Waals surface area contributed by atoms with E-state index in [4.69, 9.17) is 21.3 Å². The molecule has 2 aliphatic rings. The lowest BCUT2D eigenvalue weighted by atomic mass is 9.95. The third-order valence-electron chi connectivity index (χ3n) is 9.23. The molecule has 1 saturated heterocycles. The Hall–Kier alpha value is -4.81. The highest BCUT2D eigenvalue weighted by molar-refractivity contribution is 6.36. The average molecular weight is 675 g/mol. The summed E-state index contributed by atoms with van der Waals surface area (Å²) in [6.07, 6.45) is 5.14. The molecule has 4 aromatic rings. The van der Waals surface area contributed by atoms with Gasteiger partial charge < -0.3 is 25.3 Å². The summed E-state index contributed by atoms with van der Waals surface area (Å²) in [4.78, 5) is 54.3. The maximum absolute atomic E-state index is 15.2. The van der Waals surface area contributed by atoms with Crippen molar-refractivity contribution < 1.29 is 18.7 Å². The molecular weight excluding hydrogens is 639 g/mol. The van der Waals surface area contributed by atoms with Crippen molar-refractivity contribution in [3.8, 4) is 28.3 Å². The average Bonchev–Trinajstić information content (AvgIpc) is 3.69. The van der Waals surface area contributed by atoms with E-state index in [0.717, 1.165) is 58.7 Å². The number of rotatable bonds is 9. The van der Waals surface area contributed by atoms with Gasteiger partial charge in [-0.15, -0.1) is 0 Å². The number of ether oxygens (including phenoxy) is 1. The number of hydrogen-bond donors (Lipinski definition) is 3. The lowest BCUT2D eigenvalue weighted by Gasteiger charge is -2.19. The summed E-state index contributed by atoms with van der Waals surface area (Å²) in [7, 11) is 4.28. The highest BCUT2D eigenvalue weighted by Gasteiger charge is 2.29. The number of carbonyl (C=O) groups is 2. The molecule has 3 N–H and O–H groups in total. The van der Waals surface area contributed by atoms with E-state index in [9.17, 15) is 19.2 Å². The van der Waals surface area contributed by atoms with Crippen LogP contribution in [-0.2, 0) is 25.3 Å². The summed E-state index contributed by atoms with van der Waals surface area (Å²) in [5, 5.41) is 9.54. The van der Waals surface area contributed by atoms with Gasteiger partial charge in [0.05, 0.1) is 23.5 Å². The Morgan fingerprint density at radius 2 is 1.88 bits per heavy atom. The number of hydrogen-bond acceptors (Lipinski definition) is 7. The molecule has 2 amide bonds. The van der Waals surface area contributed by atoms with Gasteiger partial charge in [0.15, 0.2) is 0 Å². The van der Waals surface area contributed by atoms with Gasteiger partial charge in [-0.3, -0.25) is 19.0 Å². The molecule has 0 saturated carbocycles. The molecule has 2 atom stereocenters. The summed E-state index contributed by atoms with van der Waals surface area (Å²) in [6.45, 7) is 2.41. The fourth-order valence-corrected chi connectivity index (χ4v) is 6.96. The lowest BCUT2D eigenvalue weighted by molar-refractivity contribution is -0.119. The van der Waals surface area contributed by atoms with E-state index in [2.05, 4.69) is 16.0 Å². The zero-order valence-electron chi connectivity index (χ0n) is 27.1. The van der Waals surface area contributed by atoms with Crippen molar-refractivity contribution in [2.75, 3.05) is 19.0 Å². The molecule has 2 aromatic carbocycles. The molecule has 3 heterocycles. The number of amides is 2. The minimum atomic E-state index is -0.849. The molecule has 0 unspecified atom stereocenters. The van der Waals surface area contributed by atoms with E-state index in [1.165, 1.54) is 20.2 Å². The van der Waals surface area contributed by atoms with E-state index in [1.807, 2.05) is 18.2 Å². The van der Waals surface area contributed by atoms with Crippen LogP contribution in [0.3, 0.4) is 0 Å². The van der Waals surface area contributed by atoms with E-state index < -0.39 is 23.0 Å². The molecule has 1 aliphatic heterocycles. The van der Waals surface area contributed by atoms with E-state index in [0.29, 0.717) is 45.3 Å². The topological polar surface area (TPSA) is 136 Å². The van der Waals surface area contributed by atoms with Crippen molar-refractivity contribution in [1.82, 2.24) is 24.8 Å². The van der Waals surface area contributed by atoms with E-state index >= 15 is 4.39 Å². The highest BCUT2D eigenvalue weighted by Crippen LogP contribution is 2.43. The first-order valence-electron chi connectivity index (χ1n) is 15.7. The number of nitrogens with one attached hydrogen (secondary N) is 3. The third-order valence-corrected chi connectivity index (χ3v) is 9.64. The van der Waals surface area contributed by atoms with Crippen molar-refractivity contribution in [2.24, 2.45) is 14.1 Å². The third kappa shape index (κ3) is 6.13. The standard InChI is InChI=1S/C35H36ClFN6O5/c1-18-21(10-11-25(37)31(18)41-32(45)24-17-42(2)35(47)43(3)34(24)46)22-6-5-7-23(30(22)36)27-16-19-8-12-26(29(19)33(40-27)48-4)38-15-14-20-9-13-28(44)39-20/h5-7,10-11,16-17,20,26,38H,8-9,12-15H2,1-4H3,(H,39,44)(H,41,45)/t20-,26-/m0/s1. The lowest BCUT2D eigenvalue weighted by Crippen LogP contribution is -2.40. The summed E-state index contributed by atoms with van der Waals surface area (Å²) in [5.74, 6) is -0.918. The molecule has 0 bridgehead atoms. The number of anilines is 1. The SMILES string of the molecule is COc1nc(-c2cccc(-c3ccc(F)c(NC(=O)c4cn(C)c(=O)n(C)c4=O)c3C)c2Cl)cc2c1[C@@H](NCC[C@@H]1CCC(=O)N1)CC2. The van der Waals surface area contributed by atoms with Gasteiger partial charge in [-0.25, -0.2) is 14.2 Å². The minimum Gasteiger partial charge on any atom is -0.481 e. The molecule has 2 aromatic heterocycles. The number of nitrogens with zero attached hydrogens (tertiary/aromatic N) is 3. The van der Waals surface area contributed by atoms with Gasteiger partial charge in [-0.1, -0.05) is 35.9 Å². The van der Waals surface area contributed by atoms with Gasteiger partial charge in [0.2, 0.25) is 11.8 Å². The smallest absolute Gasteiger partial charge is 0.330 e. The summed E-state index contributed by atoms with van der Waals surface area (Å²) in [5.41, 5.74) is 3.19. The Bertz CT molecular complexity index is 2080. The van der Waals surface area contributed by atoms with Crippen LogP contribution in [0, 0.1) is 12.7 Å². The molecule has 250 valence electrons. The fourth-order valence-electron chi connectivity index (χ4n) is 6.64. The van der Waals surface area contributed by atoms with Crippen molar-refractivity contribution in [1.29, 1.82) is 0 Å². The van der Waals surface area contributed by atoms with Crippen molar-refractivity contribution in [3.05, 3.63) is 96.5 Å². The number of halogens is 2. The number of benzene rings is 2. The van der Waals surface area contributed by atoms with E-state index in [-0.39, 0.29) is 29.2 Å². The summed E-state index contributed by atoms with van der Waals surface area (Å²) in [6, 6.07) is 10.6. The largest absolute Gasteiger partial charge is 0.481 e. The molecule has 1 fully saturated rings. The predicted octanol–water partition coefficient (Wildman–Crippen LogP) is 4.42. The Kier molecular flexibility index (Phi) is 9.22. The van der Waals surface area contributed by atoms with Crippen LogP contribution in [0.25, 0.3) is 22.4 Å². The van der Waals surface area contributed by atoms with Gasteiger partial charge in [0.1, 0.15) is 11.4 Å². The Labute approximate surface area is 281 Å². The first-order valence-corrected chi connectivity index (χ1v) is 16.1. The number of carbonyl (C=O) groups excluding carboxylic acids is 2. The van der Waals surface area contributed by atoms with Crippen LogP contribution < -0.4 is 31.9 Å². The predicted molar refractivity (Wildman–Crippen MR) is 181 cm³/mol. The maximum Gasteiger partial charge on any atom is 0.330 e. The molecule has 11 nitrogen and oxygen atoms in total. The van der Waals surface area contributed by atoms with Crippen LogP contribution >= 0.6 is 11.6 Å². The fraction of sp³-hybridized carbons (Fsp3) is 0.343. The number of aryl methyl sites for hydroxylation is 2. The van der Waals surface area contributed by atoms with Crippen molar-refractivity contribution >= 4 is 29.1 Å². The van der Waals surface area contributed by atoms with Gasteiger partial charge in [-0.05, 0) is 68.0 Å². The quantitative estimate of drug-likeness (QED) is 0.239. The Morgan fingerprint density at radius 1 is 1.10 bits per heavy atom. The number of methoxy groups -OCH3 is 1. The van der Waals surface area contributed by atoms with Crippen LogP contribution in [-0.4, -0.2) is 45.6 Å². The second-order valence-electron chi connectivity index (χ2n) is 12.2. The van der Waals surface area contributed by atoms with Crippen LogP contribution in [0.5, 0.6) is 5.88 Å². The zero-order chi connectivity index (χ0) is 34.3. The van der Waals surface area contributed by atoms with Crippen LogP contribution in [0.2, 0.25) is 5.02 Å². The monoisotopic (exact) mass is 674 g/mol. The van der Waals surface area contributed by atoms with Crippen LogP contribution in [0.1, 0.15) is 58.8 Å². The number of pyridine rings is 1.